The molecular formula is C21H21ClN4O2. The number of pyridine rings is 1. The minimum absolute atomic E-state index is 0.135. The summed E-state index contributed by atoms with van der Waals surface area (Å²) >= 11 is 6.00. The van der Waals surface area contributed by atoms with Crippen molar-refractivity contribution in [3.63, 3.8) is 0 Å². The lowest BCUT2D eigenvalue weighted by atomic mass is 10.1. The molecule has 3 aromatic rings. The van der Waals surface area contributed by atoms with E-state index in [4.69, 9.17) is 11.6 Å². The minimum atomic E-state index is -0.227. The van der Waals surface area contributed by atoms with Gasteiger partial charge in [-0.15, -0.1) is 0 Å². The molecule has 1 amide bonds. The molecule has 144 valence electrons. The average Bonchev–Trinajstić information content (AvgIpc) is 2.68. The van der Waals surface area contributed by atoms with Crippen LogP contribution in [0.5, 0.6) is 0 Å². The smallest absolute Gasteiger partial charge is 0.254 e. The zero-order chi connectivity index (χ0) is 20.1. The first-order chi connectivity index (χ1) is 13.4. The number of rotatable bonds is 6. The number of nitrogens with one attached hydrogen (secondary N) is 2. The SMILES string of the molecule is Cc1nc(-c2ccncc2)[nH]c(=O)c1CCC(=O)NC(C)c1cccc(Cl)c1. The average molecular weight is 397 g/mol. The number of aryl methyl sites for hydroxylation is 1. The third-order valence-electron chi connectivity index (χ3n) is 4.50. The van der Waals surface area contributed by atoms with Gasteiger partial charge in [0.1, 0.15) is 5.82 Å². The number of amides is 1. The summed E-state index contributed by atoms with van der Waals surface area (Å²) in [5.74, 6) is 0.358. The van der Waals surface area contributed by atoms with Crippen molar-refractivity contribution in [2.24, 2.45) is 0 Å². The number of halogens is 1. The van der Waals surface area contributed by atoms with Crippen molar-refractivity contribution in [2.45, 2.75) is 32.7 Å². The van der Waals surface area contributed by atoms with Crippen molar-refractivity contribution in [1.82, 2.24) is 20.3 Å². The van der Waals surface area contributed by atoms with Crippen LogP contribution in [0.4, 0.5) is 0 Å². The largest absolute Gasteiger partial charge is 0.350 e. The van der Waals surface area contributed by atoms with Crippen LogP contribution in [0.3, 0.4) is 0 Å². The van der Waals surface area contributed by atoms with Gasteiger partial charge in [0.05, 0.1) is 6.04 Å². The Morgan fingerprint density at radius 2 is 2.00 bits per heavy atom. The summed E-state index contributed by atoms with van der Waals surface area (Å²) in [7, 11) is 0. The Bertz CT molecular complexity index is 1030. The monoisotopic (exact) mass is 396 g/mol. The lowest BCUT2D eigenvalue weighted by Crippen LogP contribution is -2.28. The Morgan fingerprint density at radius 3 is 2.68 bits per heavy atom. The predicted octanol–water partition coefficient (Wildman–Crippen LogP) is 3.60. The summed E-state index contributed by atoms with van der Waals surface area (Å²) in [5.41, 5.74) is 2.62. The topological polar surface area (TPSA) is 87.7 Å². The van der Waals surface area contributed by atoms with Crippen LogP contribution in [0, 0.1) is 6.92 Å². The van der Waals surface area contributed by atoms with E-state index in [9.17, 15) is 9.59 Å². The lowest BCUT2D eigenvalue weighted by Gasteiger charge is -2.15. The van der Waals surface area contributed by atoms with E-state index in [-0.39, 0.29) is 23.9 Å². The van der Waals surface area contributed by atoms with Gasteiger partial charge in [0, 0.05) is 40.7 Å². The summed E-state index contributed by atoms with van der Waals surface area (Å²) in [6, 6.07) is 10.8. The number of nitrogens with zero attached hydrogens (tertiary/aromatic N) is 2. The van der Waals surface area contributed by atoms with E-state index >= 15 is 0 Å². The normalized spacial score (nSPS) is 11.8. The van der Waals surface area contributed by atoms with Crippen LogP contribution in [0.1, 0.15) is 36.2 Å². The fourth-order valence-corrected chi connectivity index (χ4v) is 3.16. The zero-order valence-electron chi connectivity index (χ0n) is 15.7. The molecule has 2 heterocycles. The summed E-state index contributed by atoms with van der Waals surface area (Å²) in [4.78, 5) is 36.0. The third-order valence-corrected chi connectivity index (χ3v) is 4.74. The molecule has 0 saturated heterocycles. The molecule has 1 atom stereocenters. The molecule has 0 bridgehead atoms. The van der Waals surface area contributed by atoms with Crippen LogP contribution >= 0.6 is 11.6 Å². The van der Waals surface area contributed by atoms with Gasteiger partial charge in [0.2, 0.25) is 5.91 Å². The van der Waals surface area contributed by atoms with Gasteiger partial charge in [-0.2, -0.15) is 0 Å². The first-order valence-electron chi connectivity index (χ1n) is 8.99. The van der Waals surface area contributed by atoms with Crippen molar-refractivity contribution in [3.05, 3.63) is 81.0 Å². The number of aromatic nitrogens is 3. The van der Waals surface area contributed by atoms with Gasteiger partial charge < -0.3 is 10.3 Å². The highest BCUT2D eigenvalue weighted by Crippen LogP contribution is 2.18. The zero-order valence-corrected chi connectivity index (χ0v) is 16.5. The van der Waals surface area contributed by atoms with Gasteiger partial charge >= 0.3 is 0 Å². The van der Waals surface area contributed by atoms with E-state index in [1.54, 1.807) is 37.5 Å². The third kappa shape index (κ3) is 4.84. The number of carbonyl (C=O) groups is 1. The molecule has 1 aromatic carbocycles. The first kappa shape index (κ1) is 19.8. The van der Waals surface area contributed by atoms with Crippen LogP contribution in [0.25, 0.3) is 11.4 Å². The molecule has 2 N–H and O–H groups in total. The standard InChI is InChI=1S/C21H21ClN4O2/c1-13(16-4-3-5-17(22)12-16)24-19(27)7-6-18-14(2)25-20(26-21(18)28)15-8-10-23-11-9-15/h3-5,8-13H,6-7H2,1-2H3,(H,24,27)(H,25,26,28). The highest BCUT2D eigenvalue weighted by Gasteiger charge is 2.14. The molecule has 3 rings (SSSR count). The Balaban J connectivity index is 1.65. The molecular weight excluding hydrogens is 376 g/mol. The molecule has 0 radical (unpaired) electrons. The van der Waals surface area contributed by atoms with Crippen molar-refractivity contribution in [2.75, 3.05) is 0 Å². The number of aromatic amines is 1. The van der Waals surface area contributed by atoms with E-state index in [1.807, 2.05) is 25.1 Å². The van der Waals surface area contributed by atoms with E-state index in [1.165, 1.54) is 0 Å². The van der Waals surface area contributed by atoms with Crippen LogP contribution in [0.15, 0.2) is 53.6 Å². The summed E-state index contributed by atoms with van der Waals surface area (Å²) < 4.78 is 0. The van der Waals surface area contributed by atoms with Crippen LogP contribution < -0.4 is 10.9 Å². The second kappa shape index (κ2) is 8.80. The number of H-pyrrole nitrogens is 1. The quantitative estimate of drug-likeness (QED) is 0.666. The van der Waals surface area contributed by atoms with Crippen LogP contribution in [-0.2, 0) is 11.2 Å². The predicted molar refractivity (Wildman–Crippen MR) is 109 cm³/mol. The molecule has 2 aromatic heterocycles. The Labute approximate surface area is 168 Å². The Kier molecular flexibility index (Phi) is 6.21. The van der Waals surface area contributed by atoms with E-state index in [2.05, 4.69) is 20.3 Å². The molecule has 0 saturated carbocycles. The molecule has 0 spiro atoms. The van der Waals surface area contributed by atoms with Crippen molar-refractivity contribution in [3.8, 4) is 11.4 Å². The highest BCUT2D eigenvalue weighted by atomic mass is 35.5. The molecule has 28 heavy (non-hydrogen) atoms. The van der Waals surface area contributed by atoms with Gasteiger partial charge in [-0.3, -0.25) is 14.6 Å². The highest BCUT2D eigenvalue weighted by molar-refractivity contribution is 6.30. The van der Waals surface area contributed by atoms with Gasteiger partial charge in [-0.05, 0) is 50.1 Å². The number of benzene rings is 1. The molecule has 0 aliphatic heterocycles. The van der Waals surface area contributed by atoms with Gasteiger partial charge in [0.25, 0.3) is 5.56 Å². The van der Waals surface area contributed by atoms with Crippen molar-refractivity contribution < 1.29 is 4.79 Å². The molecule has 7 heteroatoms. The lowest BCUT2D eigenvalue weighted by molar-refractivity contribution is -0.121. The first-order valence-corrected chi connectivity index (χ1v) is 9.37. The Hall–Kier alpha value is -2.99. The van der Waals surface area contributed by atoms with Gasteiger partial charge in [-0.25, -0.2) is 4.98 Å². The van der Waals surface area contributed by atoms with Crippen LogP contribution in [0.2, 0.25) is 5.02 Å². The summed E-state index contributed by atoms with van der Waals surface area (Å²) in [6.07, 6.45) is 3.80. The fourth-order valence-electron chi connectivity index (χ4n) is 2.96. The summed E-state index contributed by atoms with van der Waals surface area (Å²) in [5, 5.41) is 3.56. The number of hydrogen-bond donors (Lipinski definition) is 2. The number of carbonyl (C=O) groups excluding carboxylic acids is 1. The molecule has 0 aliphatic rings. The van der Waals surface area contributed by atoms with Crippen molar-refractivity contribution >= 4 is 17.5 Å². The number of hydrogen-bond acceptors (Lipinski definition) is 4. The molecule has 6 nitrogen and oxygen atoms in total. The van der Waals surface area contributed by atoms with Crippen LogP contribution in [-0.4, -0.2) is 20.9 Å². The second-order valence-electron chi connectivity index (χ2n) is 6.56. The second-order valence-corrected chi connectivity index (χ2v) is 7.00. The maximum absolute atomic E-state index is 12.5. The van der Waals surface area contributed by atoms with Gasteiger partial charge in [-0.1, -0.05) is 23.7 Å². The Morgan fingerprint density at radius 1 is 1.25 bits per heavy atom. The molecule has 0 aliphatic carbocycles. The maximum Gasteiger partial charge on any atom is 0.254 e. The molecule has 1 unspecified atom stereocenters. The fraction of sp³-hybridized carbons (Fsp3) is 0.238. The van der Waals surface area contributed by atoms with E-state index < -0.39 is 0 Å². The maximum atomic E-state index is 12.5. The van der Waals surface area contributed by atoms with E-state index in [0.29, 0.717) is 28.5 Å². The molecule has 0 fully saturated rings. The van der Waals surface area contributed by atoms with Crippen molar-refractivity contribution in [1.29, 1.82) is 0 Å². The summed E-state index contributed by atoms with van der Waals surface area (Å²) in [6.45, 7) is 3.68. The van der Waals surface area contributed by atoms with E-state index in [0.717, 1.165) is 11.1 Å². The minimum Gasteiger partial charge on any atom is -0.350 e. The van der Waals surface area contributed by atoms with Gasteiger partial charge in [0.15, 0.2) is 0 Å².